The van der Waals surface area contributed by atoms with Crippen LogP contribution in [0.5, 0.6) is 0 Å². The van der Waals surface area contributed by atoms with E-state index in [1.54, 1.807) is 42.5 Å². The molecule has 1 aliphatic rings. The van der Waals surface area contributed by atoms with Gasteiger partial charge in [-0.25, -0.2) is 13.5 Å². The molecule has 2 heterocycles. The second-order valence-electron chi connectivity index (χ2n) is 10.4. The first kappa shape index (κ1) is 28.9. The molecule has 1 aliphatic heterocycles. The SMILES string of the molecule is O=C(Nc1ccc(N2CCOCC2)cc1)C(c1ccc(F)cc1)N(Cc1ccccc1F)C(=O)Cn1nnc2ccccc21. The van der Waals surface area contributed by atoms with Gasteiger partial charge < -0.3 is 19.9 Å². The maximum absolute atomic E-state index is 14.9. The Balaban J connectivity index is 1.34. The van der Waals surface area contributed by atoms with Crippen LogP contribution in [-0.4, -0.2) is 58.0 Å². The number of hydrogen-bond acceptors (Lipinski definition) is 6. The summed E-state index contributed by atoms with van der Waals surface area (Å²) in [4.78, 5) is 31.6. The summed E-state index contributed by atoms with van der Waals surface area (Å²) in [5, 5.41) is 11.2. The number of hydrogen-bond donors (Lipinski definition) is 1. The second-order valence-corrected chi connectivity index (χ2v) is 10.4. The van der Waals surface area contributed by atoms with Crippen LogP contribution in [0.15, 0.2) is 97.1 Å². The molecule has 0 bridgehead atoms. The van der Waals surface area contributed by atoms with Crippen LogP contribution < -0.4 is 10.2 Å². The molecule has 0 spiro atoms. The van der Waals surface area contributed by atoms with Gasteiger partial charge >= 0.3 is 0 Å². The molecule has 224 valence electrons. The van der Waals surface area contributed by atoms with E-state index in [1.165, 1.54) is 39.9 Å². The lowest BCUT2D eigenvalue weighted by Crippen LogP contribution is -2.42. The summed E-state index contributed by atoms with van der Waals surface area (Å²) in [6.45, 7) is 2.36. The first-order valence-corrected chi connectivity index (χ1v) is 14.3. The third-order valence-corrected chi connectivity index (χ3v) is 7.58. The number of aromatic nitrogens is 3. The fourth-order valence-corrected chi connectivity index (χ4v) is 5.29. The smallest absolute Gasteiger partial charge is 0.251 e. The van der Waals surface area contributed by atoms with Crippen molar-refractivity contribution >= 4 is 34.2 Å². The predicted molar refractivity (Wildman–Crippen MR) is 162 cm³/mol. The molecule has 9 nitrogen and oxygen atoms in total. The number of nitrogens with zero attached hydrogens (tertiary/aromatic N) is 5. The maximum atomic E-state index is 14.9. The Kier molecular flexibility index (Phi) is 8.55. The molecule has 1 fully saturated rings. The highest BCUT2D eigenvalue weighted by Gasteiger charge is 2.33. The number of amides is 2. The maximum Gasteiger partial charge on any atom is 0.251 e. The first-order chi connectivity index (χ1) is 21.5. The molecule has 44 heavy (non-hydrogen) atoms. The van der Waals surface area contributed by atoms with E-state index in [0.29, 0.717) is 35.5 Å². The monoisotopic (exact) mass is 596 g/mol. The lowest BCUT2D eigenvalue weighted by molar-refractivity contribution is -0.140. The number of anilines is 2. The number of morpholine rings is 1. The highest BCUT2D eigenvalue weighted by atomic mass is 19.1. The highest BCUT2D eigenvalue weighted by Crippen LogP contribution is 2.28. The topological polar surface area (TPSA) is 92.6 Å². The van der Waals surface area contributed by atoms with Gasteiger partial charge in [-0.3, -0.25) is 9.59 Å². The molecule has 1 N–H and O–H groups in total. The largest absolute Gasteiger partial charge is 0.378 e. The Morgan fingerprint density at radius 1 is 0.886 bits per heavy atom. The number of nitrogens with one attached hydrogen (secondary N) is 1. The molecule has 6 rings (SSSR count). The van der Waals surface area contributed by atoms with E-state index in [-0.39, 0.29) is 18.7 Å². The molecule has 5 aromatic rings. The van der Waals surface area contributed by atoms with E-state index < -0.39 is 29.5 Å². The molecule has 1 saturated heterocycles. The lowest BCUT2D eigenvalue weighted by atomic mass is 10.0. The average molecular weight is 597 g/mol. The van der Waals surface area contributed by atoms with Crippen molar-refractivity contribution in [2.75, 3.05) is 36.5 Å². The van der Waals surface area contributed by atoms with Gasteiger partial charge in [0.25, 0.3) is 5.91 Å². The van der Waals surface area contributed by atoms with Gasteiger partial charge in [-0.2, -0.15) is 0 Å². The van der Waals surface area contributed by atoms with Crippen LogP contribution in [0.1, 0.15) is 17.2 Å². The number of halogens is 2. The molecule has 4 aromatic carbocycles. The van der Waals surface area contributed by atoms with Gasteiger partial charge in [-0.1, -0.05) is 47.7 Å². The zero-order valence-corrected chi connectivity index (χ0v) is 23.8. The molecular weight excluding hydrogens is 566 g/mol. The van der Waals surface area contributed by atoms with Crippen LogP contribution in [0.3, 0.4) is 0 Å². The summed E-state index contributed by atoms with van der Waals surface area (Å²) < 4.78 is 35.8. The van der Waals surface area contributed by atoms with Crippen LogP contribution in [0.4, 0.5) is 20.2 Å². The number of carbonyl (C=O) groups is 2. The van der Waals surface area contributed by atoms with Crippen molar-refractivity contribution in [1.82, 2.24) is 19.9 Å². The van der Waals surface area contributed by atoms with Crippen molar-refractivity contribution in [3.63, 3.8) is 0 Å². The quantitative estimate of drug-likeness (QED) is 0.259. The summed E-state index contributed by atoms with van der Waals surface area (Å²) in [5.74, 6) is -2.05. The number of ether oxygens (including phenoxy) is 1. The van der Waals surface area contributed by atoms with Crippen molar-refractivity contribution in [3.8, 4) is 0 Å². The molecule has 11 heteroatoms. The van der Waals surface area contributed by atoms with Gasteiger partial charge in [0.05, 0.1) is 18.7 Å². The normalized spacial score (nSPS) is 13.9. The van der Waals surface area contributed by atoms with E-state index >= 15 is 0 Å². The molecular formula is C33H30F2N6O3. The minimum absolute atomic E-state index is 0.219. The fourth-order valence-electron chi connectivity index (χ4n) is 5.29. The van der Waals surface area contributed by atoms with E-state index in [0.717, 1.165) is 18.8 Å². The Hall–Kier alpha value is -5.16. The molecule has 1 aromatic heterocycles. The average Bonchev–Trinajstić information content (AvgIpc) is 3.46. The third-order valence-electron chi connectivity index (χ3n) is 7.58. The van der Waals surface area contributed by atoms with Crippen LogP contribution in [0.25, 0.3) is 11.0 Å². The number of rotatable bonds is 9. The van der Waals surface area contributed by atoms with Crippen LogP contribution in [0, 0.1) is 11.6 Å². The van der Waals surface area contributed by atoms with E-state index in [4.69, 9.17) is 4.74 Å². The van der Waals surface area contributed by atoms with Crippen molar-refractivity contribution in [1.29, 1.82) is 0 Å². The predicted octanol–water partition coefficient (Wildman–Crippen LogP) is 4.95. The van der Waals surface area contributed by atoms with E-state index in [1.807, 2.05) is 24.3 Å². The number of benzene rings is 4. The Morgan fingerprint density at radius 2 is 1.59 bits per heavy atom. The Labute approximate surface area is 252 Å². The van der Waals surface area contributed by atoms with Crippen LogP contribution in [-0.2, 0) is 27.4 Å². The van der Waals surface area contributed by atoms with Crippen LogP contribution >= 0.6 is 0 Å². The number of para-hydroxylation sites is 1. The van der Waals surface area contributed by atoms with Gasteiger partial charge in [-0.15, -0.1) is 5.10 Å². The van der Waals surface area contributed by atoms with Gasteiger partial charge in [0.15, 0.2) is 0 Å². The standard InChI is InChI=1S/C33H30F2N6O3/c34-25-11-9-23(10-12-25)32(33(43)36-26-13-15-27(16-14-26)39-17-19-44-20-18-39)40(21-24-5-1-2-6-28(24)35)31(42)22-41-30-8-4-3-7-29(30)37-38-41/h1-16,32H,17-22H2,(H,36,43). The summed E-state index contributed by atoms with van der Waals surface area (Å²) in [7, 11) is 0. The zero-order chi connectivity index (χ0) is 30.5. The van der Waals surface area contributed by atoms with E-state index in [9.17, 15) is 18.4 Å². The highest BCUT2D eigenvalue weighted by molar-refractivity contribution is 5.98. The lowest BCUT2D eigenvalue weighted by Gasteiger charge is -2.32. The van der Waals surface area contributed by atoms with Gasteiger partial charge in [0.1, 0.15) is 29.7 Å². The third kappa shape index (κ3) is 6.42. The molecule has 0 aliphatic carbocycles. The number of carbonyl (C=O) groups excluding carboxylic acids is 2. The summed E-state index contributed by atoms with van der Waals surface area (Å²) in [5.41, 5.74) is 3.34. The van der Waals surface area contributed by atoms with Crippen LogP contribution in [0.2, 0.25) is 0 Å². The molecule has 0 radical (unpaired) electrons. The van der Waals surface area contributed by atoms with Crippen molar-refractivity contribution in [2.45, 2.75) is 19.1 Å². The molecule has 2 amide bonds. The molecule has 1 atom stereocenters. The zero-order valence-electron chi connectivity index (χ0n) is 23.8. The molecule has 1 unspecified atom stereocenters. The first-order valence-electron chi connectivity index (χ1n) is 14.3. The van der Waals surface area contributed by atoms with Gasteiger partial charge in [0, 0.05) is 36.6 Å². The Bertz CT molecular complexity index is 1750. The van der Waals surface area contributed by atoms with Crippen molar-refractivity contribution < 1.29 is 23.1 Å². The Morgan fingerprint density at radius 3 is 2.34 bits per heavy atom. The fraction of sp³-hybridized carbons (Fsp3) is 0.212. The minimum Gasteiger partial charge on any atom is -0.378 e. The minimum atomic E-state index is -1.23. The van der Waals surface area contributed by atoms with Gasteiger partial charge in [-0.05, 0) is 60.2 Å². The summed E-state index contributed by atoms with van der Waals surface area (Å²) in [6, 6.07) is 24.8. The van der Waals surface area contributed by atoms with Crippen molar-refractivity contribution in [2.24, 2.45) is 0 Å². The summed E-state index contributed by atoms with van der Waals surface area (Å²) >= 11 is 0. The molecule has 0 saturated carbocycles. The van der Waals surface area contributed by atoms with Gasteiger partial charge in [0.2, 0.25) is 5.91 Å². The van der Waals surface area contributed by atoms with E-state index in [2.05, 4.69) is 20.5 Å². The second kappa shape index (κ2) is 13.0. The number of fused-ring (bicyclic) bond motifs is 1. The summed E-state index contributed by atoms with van der Waals surface area (Å²) in [6.07, 6.45) is 0. The van der Waals surface area contributed by atoms with Crippen molar-refractivity contribution in [3.05, 3.63) is 120 Å².